The number of carbonyl (C=O) groups is 1. The molecule has 1 saturated heterocycles. The first-order valence-electron chi connectivity index (χ1n) is 6.57. The molecule has 0 aromatic carbocycles. The highest BCUT2D eigenvalue weighted by atomic mass is 79.9. The van der Waals surface area contributed by atoms with Crippen molar-refractivity contribution in [2.45, 2.75) is 24.9 Å². The minimum atomic E-state index is -0.384. The van der Waals surface area contributed by atoms with Crippen molar-refractivity contribution in [3.8, 4) is 0 Å². The lowest BCUT2D eigenvalue weighted by Gasteiger charge is -2.13. The molecular weight excluding hydrogens is 312 g/mol. The van der Waals surface area contributed by atoms with E-state index < -0.39 is 0 Å². The van der Waals surface area contributed by atoms with E-state index in [0.29, 0.717) is 24.7 Å². The van der Waals surface area contributed by atoms with Crippen molar-refractivity contribution >= 4 is 21.8 Å². The molecule has 2 unspecified atom stereocenters. The summed E-state index contributed by atoms with van der Waals surface area (Å²) in [6.45, 7) is 1.79. The number of aliphatic hydroxyl groups excluding tert-OH is 1. The molecule has 6 nitrogen and oxygen atoms in total. The van der Waals surface area contributed by atoms with Crippen LogP contribution in [0.25, 0.3) is 0 Å². The van der Waals surface area contributed by atoms with E-state index in [1.165, 1.54) is 0 Å². The zero-order chi connectivity index (χ0) is 13.4. The second-order valence-electron chi connectivity index (χ2n) is 5.27. The van der Waals surface area contributed by atoms with Crippen molar-refractivity contribution in [1.82, 2.24) is 20.8 Å². The number of carbonyl (C=O) groups excluding carboxylic acids is 1. The highest BCUT2D eigenvalue weighted by Crippen LogP contribution is 2.42. The lowest BCUT2D eigenvalue weighted by molar-refractivity contribution is 0.0921. The molecule has 1 saturated carbocycles. The third kappa shape index (κ3) is 2.68. The summed E-state index contributed by atoms with van der Waals surface area (Å²) in [6.07, 6.45) is 1.92. The van der Waals surface area contributed by atoms with Gasteiger partial charge in [-0.1, -0.05) is 0 Å². The van der Waals surface area contributed by atoms with Crippen LogP contribution < -0.4 is 10.6 Å². The summed E-state index contributed by atoms with van der Waals surface area (Å²) in [6, 6.07) is 0. The van der Waals surface area contributed by atoms with Gasteiger partial charge < -0.3 is 15.7 Å². The molecule has 1 aliphatic carbocycles. The number of nitrogens with one attached hydrogen (secondary N) is 3. The van der Waals surface area contributed by atoms with E-state index in [1.54, 1.807) is 0 Å². The van der Waals surface area contributed by atoms with Gasteiger partial charge in [-0.3, -0.25) is 9.89 Å². The Morgan fingerprint density at radius 3 is 2.89 bits per heavy atom. The van der Waals surface area contributed by atoms with E-state index >= 15 is 0 Å². The molecule has 104 valence electrons. The lowest BCUT2D eigenvalue weighted by atomic mass is 10.1. The van der Waals surface area contributed by atoms with Crippen LogP contribution in [0.4, 0.5) is 0 Å². The van der Waals surface area contributed by atoms with E-state index in [9.17, 15) is 9.90 Å². The van der Waals surface area contributed by atoms with Gasteiger partial charge in [-0.15, -0.1) is 0 Å². The molecule has 0 radical (unpaired) electrons. The fourth-order valence-corrected chi connectivity index (χ4v) is 3.05. The van der Waals surface area contributed by atoms with Crippen LogP contribution in [0.3, 0.4) is 0 Å². The van der Waals surface area contributed by atoms with E-state index in [4.69, 9.17) is 0 Å². The molecule has 19 heavy (non-hydrogen) atoms. The maximum atomic E-state index is 12.1. The number of hydrogen-bond donors (Lipinski definition) is 4. The fraction of sp³-hybridized carbons (Fsp3) is 0.667. The van der Waals surface area contributed by atoms with E-state index in [1.807, 2.05) is 0 Å². The molecule has 2 fully saturated rings. The van der Waals surface area contributed by atoms with Gasteiger partial charge >= 0.3 is 0 Å². The molecule has 2 heterocycles. The zero-order valence-corrected chi connectivity index (χ0v) is 12.0. The molecule has 7 heteroatoms. The Bertz CT molecular complexity index is 486. The molecule has 0 spiro atoms. The summed E-state index contributed by atoms with van der Waals surface area (Å²) in [5, 5.41) is 22.6. The number of rotatable bonds is 4. The largest absolute Gasteiger partial charge is 0.391 e. The van der Waals surface area contributed by atoms with Gasteiger partial charge in [0.1, 0.15) is 0 Å². The van der Waals surface area contributed by atoms with Crippen LogP contribution in [0, 0.1) is 5.92 Å². The number of nitrogens with zero attached hydrogens (tertiary/aromatic N) is 1. The normalized spacial score (nSPS) is 26.6. The van der Waals surface area contributed by atoms with Gasteiger partial charge in [0.05, 0.1) is 16.3 Å². The van der Waals surface area contributed by atoms with Crippen LogP contribution in [0.1, 0.15) is 34.9 Å². The summed E-state index contributed by atoms with van der Waals surface area (Å²) < 4.78 is 0.776. The van der Waals surface area contributed by atoms with Crippen molar-refractivity contribution in [2.75, 3.05) is 19.6 Å². The van der Waals surface area contributed by atoms with Crippen molar-refractivity contribution < 1.29 is 9.90 Å². The Morgan fingerprint density at radius 2 is 2.26 bits per heavy atom. The van der Waals surface area contributed by atoms with Crippen LogP contribution in [0.5, 0.6) is 0 Å². The molecule has 3 rings (SSSR count). The van der Waals surface area contributed by atoms with Gasteiger partial charge in [-0.25, -0.2) is 0 Å². The Morgan fingerprint density at radius 1 is 1.47 bits per heavy atom. The summed E-state index contributed by atoms with van der Waals surface area (Å²) >= 11 is 3.44. The minimum Gasteiger partial charge on any atom is -0.391 e. The van der Waals surface area contributed by atoms with E-state index in [0.717, 1.165) is 29.6 Å². The van der Waals surface area contributed by atoms with Crippen molar-refractivity contribution in [3.63, 3.8) is 0 Å². The SMILES string of the molecule is O=C(NCC1CNCC1O)c1n[nH]c(C2CC2)c1Br. The highest BCUT2D eigenvalue weighted by Gasteiger charge is 2.31. The van der Waals surface area contributed by atoms with E-state index in [2.05, 4.69) is 36.8 Å². The first kappa shape index (κ1) is 13.1. The van der Waals surface area contributed by atoms with Gasteiger partial charge in [-0.2, -0.15) is 5.10 Å². The molecular formula is C12H17BrN4O2. The maximum absolute atomic E-state index is 12.1. The second-order valence-corrected chi connectivity index (χ2v) is 6.06. The molecule has 2 atom stereocenters. The molecule has 1 aromatic rings. The Balaban J connectivity index is 1.60. The number of hydrogen-bond acceptors (Lipinski definition) is 4. The number of aliphatic hydroxyl groups is 1. The average molecular weight is 329 g/mol. The average Bonchev–Trinajstić information content (AvgIpc) is 3.04. The summed E-state index contributed by atoms with van der Waals surface area (Å²) in [7, 11) is 0. The summed E-state index contributed by atoms with van der Waals surface area (Å²) in [5.74, 6) is 0.392. The predicted molar refractivity (Wildman–Crippen MR) is 73.0 cm³/mol. The fourth-order valence-electron chi connectivity index (χ4n) is 2.37. The maximum Gasteiger partial charge on any atom is 0.272 e. The monoisotopic (exact) mass is 328 g/mol. The van der Waals surface area contributed by atoms with Crippen molar-refractivity contribution in [1.29, 1.82) is 0 Å². The second kappa shape index (κ2) is 5.22. The first-order valence-corrected chi connectivity index (χ1v) is 7.37. The van der Waals surface area contributed by atoms with E-state index in [-0.39, 0.29) is 17.9 Å². The molecule has 0 bridgehead atoms. The quantitative estimate of drug-likeness (QED) is 0.642. The Kier molecular flexibility index (Phi) is 3.60. The number of aromatic amines is 1. The smallest absolute Gasteiger partial charge is 0.272 e. The van der Waals surface area contributed by atoms with Gasteiger partial charge in [0.15, 0.2) is 5.69 Å². The van der Waals surface area contributed by atoms with Crippen LogP contribution in [-0.2, 0) is 0 Å². The number of amides is 1. The van der Waals surface area contributed by atoms with Gasteiger partial charge in [-0.05, 0) is 28.8 Å². The number of β-amino-alcohol motifs (C(OH)–C–C–N with tert-alkyl or cyclic N) is 1. The molecule has 2 aliphatic rings. The zero-order valence-electron chi connectivity index (χ0n) is 10.4. The highest BCUT2D eigenvalue weighted by molar-refractivity contribution is 9.10. The van der Waals surface area contributed by atoms with Crippen LogP contribution >= 0.6 is 15.9 Å². The topological polar surface area (TPSA) is 90.0 Å². The Labute approximate surface area is 119 Å². The molecule has 1 amide bonds. The number of halogens is 1. The molecule has 1 aliphatic heterocycles. The molecule has 4 N–H and O–H groups in total. The van der Waals surface area contributed by atoms with Crippen molar-refractivity contribution in [3.05, 3.63) is 15.9 Å². The number of aromatic nitrogens is 2. The third-order valence-electron chi connectivity index (χ3n) is 3.76. The van der Waals surface area contributed by atoms with Gasteiger partial charge in [0.25, 0.3) is 5.91 Å². The standard InChI is InChI=1S/C12H17BrN4O2/c13-9-10(6-1-2-6)16-17-11(9)12(19)15-4-7-3-14-5-8(7)18/h6-8,14,18H,1-5H2,(H,15,19)(H,16,17). The summed E-state index contributed by atoms with van der Waals surface area (Å²) in [4.78, 5) is 12.1. The molecule has 1 aromatic heterocycles. The minimum absolute atomic E-state index is 0.0737. The predicted octanol–water partition coefficient (Wildman–Crippen LogP) is 0.360. The number of H-pyrrole nitrogens is 1. The Hall–Kier alpha value is -0.920. The van der Waals surface area contributed by atoms with Gasteiger partial charge in [0.2, 0.25) is 0 Å². The summed E-state index contributed by atoms with van der Waals surface area (Å²) in [5.41, 5.74) is 1.43. The lowest BCUT2D eigenvalue weighted by Crippen LogP contribution is -2.34. The van der Waals surface area contributed by atoms with Crippen LogP contribution in [0.2, 0.25) is 0 Å². The third-order valence-corrected chi connectivity index (χ3v) is 4.56. The van der Waals surface area contributed by atoms with Crippen LogP contribution in [0.15, 0.2) is 4.47 Å². The van der Waals surface area contributed by atoms with Crippen LogP contribution in [-0.4, -0.2) is 46.9 Å². The first-order chi connectivity index (χ1) is 9.16. The van der Waals surface area contributed by atoms with Gasteiger partial charge in [0, 0.05) is 31.5 Å². The van der Waals surface area contributed by atoms with Crippen molar-refractivity contribution in [2.24, 2.45) is 5.92 Å².